The maximum atomic E-state index is 12.7. The number of rotatable bonds is 5. The van der Waals surface area contributed by atoms with Gasteiger partial charge in [-0.2, -0.15) is 5.10 Å². The molecule has 0 aliphatic carbocycles. The second-order valence-electron chi connectivity index (χ2n) is 6.16. The van der Waals surface area contributed by atoms with Crippen molar-refractivity contribution in [3.8, 4) is 0 Å². The fourth-order valence-electron chi connectivity index (χ4n) is 2.92. The normalized spacial score (nSPS) is 14.6. The third-order valence-electron chi connectivity index (χ3n) is 4.08. The molecule has 0 saturated heterocycles. The summed E-state index contributed by atoms with van der Waals surface area (Å²) in [5, 5.41) is 13.7. The molecule has 1 unspecified atom stereocenters. The van der Waals surface area contributed by atoms with Crippen molar-refractivity contribution in [1.29, 1.82) is 0 Å². The number of nitrogens with one attached hydrogen (secondary N) is 3. The molecule has 0 bridgehead atoms. The lowest BCUT2D eigenvalue weighted by atomic mass is 10.0. The van der Waals surface area contributed by atoms with Crippen molar-refractivity contribution in [2.24, 2.45) is 0 Å². The summed E-state index contributed by atoms with van der Waals surface area (Å²) in [6.45, 7) is 2.35. The number of aromatic nitrogens is 2. The highest BCUT2D eigenvalue weighted by atomic mass is 35.5. The van der Waals surface area contributed by atoms with Crippen LogP contribution >= 0.6 is 12.4 Å². The molecule has 130 valence electrons. The van der Waals surface area contributed by atoms with E-state index in [4.69, 9.17) is 0 Å². The number of carbonyl (C=O) groups excluding carboxylic acids is 1. The Morgan fingerprint density at radius 2 is 2.08 bits per heavy atom. The first-order valence-corrected chi connectivity index (χ1v) is 7.92. The van der Waals surface area contributed by atoms with E-state index in [-0.39, 0.29) is 24.4 Å². The van der Waals surface area contributed by atoms with Crippen molar-refractivity contribution >= 4 is 18.3 Å². The Balaban J connectivity index is 0.00000208. The van der Waals surface area contributed by atoms with Gasteiger partial charge in [-0.3, -0.25) is 9.89 Å². The molecular weight excluding hydrogens is 326 g/mol. The van der Waals surface area contributed by atoms with E-state index in [2.05, 4.69) is 25.7 Å². The first-order valence-electron chi connectivity index (χ1n) is 7.92. The molecule has 3 N–H and O–H groups in total. The highest BCUT2D eigenvalue weighted by Gasteiger charge is 2.24. The number of H-pyrrole nitrogens is 1. The highest BCUT2D eigenvalue weighted by Crippen LogP contribution is 2.18. The first kappa shape index (κ1) is 18.4. The van der Waals surface area contributed by atoms with E-state index in [1.54, 1.807) is 0 Å². The van der Waals surface area contributed by atoms with Gasteiger partial charge in [0, 0.05) is 37.3 Å². The number of nitrogens with zero attached hydrogens (tertiary/aromatic N) is 2. The average Bonchev–Trinajstić information content (AvgIpc) is 2.99. The van der Waals surface area contributed by atoms with Gasteiger partial charge in [-0.15, -0.1) is 12.4 Å². The van der Waals surface area contributed by atoms with E-state index in [0.717, 1.165) is 36.3 Å². The van der Waals surface area contributed by atoms with Gasteiger partial charge in [-0.25, -0.2) is 0 Å². The molecule has 7 heteroatoms. The summed E-state index contributed by atoms with van der Waals surface area (Å²) in [7, 11) is 4.00. The van der Waals surface area contributed by atoms with Crippen LogP contribution in [0.2, 0.25) is 0 Å². The Morgan fingerprint density at radius 1 is 1.33 bits per heavy atom. The number of carbonyl (C=O) groups is 1. The van der Waals surface area contributed by atoms with Crippen LogP contribution in [-0.2, 0) is 13.0 Å². The topological polar surface area (TPSA) is 73.0 Å². The summed E-state index contributed by atoms with van der Waals surface area (Å²) in [6, 6.07) is 9.97. The molecule has 6 nitrogen and oxygen atoms in total. The van der Waals surface area contributed by atoms with Gasteiger partial charge in [0.25, 0.3) is 5.91 Å². The van der Waals surface area contributed by atoms with Gasteiger partial charge in [-0.05, 0) is 19.7 Å². The molecular formula is C17H24ClN5O. The molecule has 0 saturated carbocycles. The Bertz CT molecular complexity index is 671. The van der Waals surface area contributed by atoms with Crippen LogP contribution in [0.3, 0.4) is 0 Å². The van der Waals surface area contributed by atoms with Gasteiger partial charge in [-0.1, -0.05) is 30.3 Å². The molecule has 1 amide bonds. The smallest absolute Gasteiger partial charge is 0.272 e. The molecule has 2 heterocycles. The molecule has 1 aromatic carbocycles. The number of amides is 1. The van der Waals surface area contributed by atoms with Gasteiger partial charge in [0.05, 0.1) is 6.04 Å². The van der Waals surface area contributed by atoms with Gasteiger partial charge in [0.2, 0.25) is 0 Å². The van der Waals surface area contributed by atoms with Gasteiger partial charge in [0.15, 0.2) is 5.69 Å². The summed E-state index contributed by atoms with van der Waals surface area (Å²) in [6.07, 6.45) is 0.884. The summed E-state index contributed by atoms with van der Waals surface area (Å²) in [5.41, 5.74) is 3.66. The highest BCUT2D eigenvalue weighted by molar-refractivity contribution is 5.94. The number of halogens is 1. The van der Waals surface area contributed by atoms with E-state index in [0.29, 0.717) is 12.2 Å². The number of hydrogen-bond acceptors (Lipinski definition) is 4. The largest absolute Gasteiger partial charge is 0.343 e. The summed E-state index contributed by atoms with van der Waals surface area (Å²) in [4.78, 5) is 14.8. The van der Waals surface area contributed by atoms with Crippen LogP contribution in [0.5, 0.6) is 0 Å². The van der Waals surface area contributed by atoms with Gasteiger partial charge >= 0.3 is 0 Å². The Labute approximate surface area is 148 Å². The molecule has 1 aliphatic rings. The molecule has 0 spiro atoms. The Kier molecular flexibility index (Phi) is 6.36. The second-order valence-corrected chi connectivity index (χ2v) is 6.16. The number of aromatic amines is 1. The van der Waals surface area contributed by atoms with Crippen molar-refractivity contribution in [2.75, 3.05) is 27.2 Å². The van der Waals surface area contributed by atoms with Crippen LogP contribution < -0.4 is 10.6 Å². The first-order chi connectivity index (χ1) is 11.1. The number of hydrogen-bond donors (Lipinski definition) is 3. The van der Waals surface area contributed by atoms with E-state index in [9.17, 15) is 4.79 Å². The minimum atomic E-state index is -0.123. The molecule has 3 rings (SSSR count). The van der Waals surface area contributed by atoms with Crippen LogP contribution in [0.1, 0.15) is 33.4 Å². The average molecular weight is 350 g/mol. The quantitative estimate of drug-likeness (QED) is 0.765. The van der Waals surface area contributed by atoms with E-state index < -0.39 is 0 Å². The fourth-order valence-corrected chi connectivity index (χ4v) is 2.92. The molecule has 2 aromatic rings. The molecule has 24 heavy (non-hydrogen) atoms. The summed E-state index contributed by atoms with van der Waals surface area (Å²) >= 11 is 0. The maximum absolute atomic E-state index is 12.7. The van der Waals surface area contributed by atoms with Crippen LogP contribution in [0.4, 0.5) is 0 Å². The zero-order chi connectivity index (χ0) is 16.2. The zero-order valence-electron chi connectivity index (χ0n) is 14.0. The van der Waals surface area contributed by atoms with E-state index in [1.165, 1.54) is 0 Å². The van der Waals surface area contributed by atoms with E-state index >= 15 is 0 Å². The summed E-state index contributed by atoms with van der Waals surface area (Å²) < 4.78 is 0. The van der Waals surface area contributed by atoms with Gasteiger partial charge in [0.1, 0.15) is 0 Å². The summed E-state index contributed by atoms with van der Waals surface area (Å²) in [5.74, 6) is -0.123. The Morgan fingerprint density at radius 3 is 2.79 bits per heavy atom. The van der Waals surface area contributed by atoms with Crippen molar-refractivity contribution < 1.29 is 4.79 Å². The lowest BCUT2D eigenvalue weighted by Crippen LogP contribution is -2.36. The minimum Gasteiger partial charge on any atom is -0.343 e. The third kappa shape index (κ3) is 4.14. The van der Waals surface area contributed by atoms with Gasteiger partial charge < -0.3 is 15.5 Å². The maximum Gasteiger partial charge on any atom is 0.272 e. The predicted octanol–water partition coefficient (Wildman–Crippen LogP) is 1.51. The molecule has 0 fully saturated rings. The standard InChI is InChI=1S/C17H23N5O.ClH/c1-22(2)11-15(12-6-4-3-5-7-12)19-17(23)16-13-10-18-9-8-14(13)20-21-16;/h3-7,15,18H,8-11H2,1-2H3,(H,19,23)(H,20,21);1H. The van der Waals surface area contributed by atoms with Crippen LogP contribution in [0.25, 0.3) is 0 Å². The second kappa shape index (κ2) is 8.28. The van der Waals surface area contributed by atoms with Crippen LogP contribution in [0, 0.1) is 0 Å². The van der Waals surface area contributed by atoms with E-state index in [1.807, 2.05) is 44.4 Å². The Hall–Kier alpha value is -1.89. The van der Waals surface area contributed by atoms with Crippen LogP contribution in [0.15, 0.2) is 30.3 Å². The lowest BCUT2D eigenvalue weighted by molar-refractivity contribution is 0.0923. The SMILES string of the molecule is CN(C)CC(NC(=O)c1n[nH]c2c1CNCC2)c1ccccc1.Cl. The lowest BCUT2D eigenvalue weighted by Gasteiger charge is -2.23. The minimum absolute atomic E-state index is 0. The number of fused-ring (bicyclic) bond motifs is 1. The molecule has 1 atom stereocenters. The predicted molar refractivity (Wildman–Crippen MR) is 96.4 cm³/mol. The molecule has 1 aromatic heterocycles. The van der Waals surface area contributed by atoms with Crippen LogP contribution in [-0.4, -0.2) is 48.2 Å². The third-order valence-corrected chi connectivity index (χ3v) is 4.08. The fraction of sp³-hybridized carbons (Fsp3) is 0.412. The molecule has 1 aliphatic heterocycles. The zero-order valence-corrected chi connectivity index (χ0v) is 14.8. The van der Waals surface area contributed by atoms with Crippen molar-refractivity contribution in [2.45, 2.75) is 19.0 Å². The molecule has 0 radical (unpaired) electrons. The van der Waals surface area contributed by atoms with Crippen molar-refractivity contribution in [3.63, 3.8) is 0 Å². The number of likely N-dealkylation sites (N-methyl/N-ethyl adjacent to an activating group) is 1. The monoisotopic (exact) mass is 349 g/mol. The van der Waals surface area contributed by atoms with Crippen molar-refractivity contribution in [1.82, 2.24) is 25.7 Å². The van der Waals surface area contributed by atoms with Crippen molar-refractivity contribution in [3.05, 3.63) is 52.8 Å². The number of benzene rings is 1.